The molecule has 0 spiro atoms. The third kappa shape index (κ3) is 1.45. The summed E-state index contributed by atoms with van der Waals surface area (Å²) >= 11 is 12.0. The summed E-state index contributed by atoms with van der Waals surface area (Å²) in [5.41, 5.74) is 2.39. The molecule has 0 aliphatic carbocycles. The number of rotatable bonds is 1. The summed E-state index contributed by atoms with van der Waals surface area (Å²) in [6.07, 6.45) is 0.833. The Kier molecular flexibility index (Phi) is 2.49. The zero-order valence-electron chi connectivity index (χ0n) is 8.34. The van der Waals surface area contributed by atoms with Gasteiger partial charge in [-0.25, -0.2) is 0 Å². The number of halogens is 2. The van der Waals surface area contributed by atoms with E-state index in [2.05, 4.69) is 0 Å². The van der Waals surface area contributed by atoms with Crippen molar-refractivity contribution in [3.63, 3.8) is 0 Å². The first-order valence-electron chi connectivity index (χ1n) is 4.45. The number of aldehydes is 1. The molecular weight excluding hydrogens is 233 g/mol. The van der Waals surface area contributed by atoms with Crippen molar-refractivity contribution in [3.8, 4) is 0 Å². The second-order valence-electron chi connectivity index (χ2n) is 3.47. The second kappa shape index (κ2) is 3.54. The van der Waals surface area contributed by atoms with E-state index in [-0.39, 0.29) is 0 Å². The van der Waals surface area contributed by atoms with Gasteiger partial charge in [0.25, 0.3) is 0 Å². The Labute approximate surface area is 97.4 Å². The van der Waals surface area contributed by atoms with Gasteiger partial charge in [0, 0.05) is 17.5 Å². The first-order chi connectivity index (χ1) is 7.06. The van der Waals surface area contributed by atoms with Crippen molar-refractivity contribution in [2.75, 3.05) is 0 Å². The minimum Gasteiger partial charge on any atom is -0.340 e. The first kappa shape index (κ1) is 10.5. The van der Waals surface area contributed by atoms with Crippen LogP contribution in [0.15, 0.2) is 12.1 Å². The third-order valence-electron chi connectivity index (χ3n) is 2.62. The molecule has 0 amide bonds. The van der Waals surface area contributed by atoms with Crippen LogP contribution >= 0.6 is 23.2 Å². The minimum absolute atomic E-state index is 0.566. The highest BCUT2D eigenvalue weighted by Crippen LogP contribution is 2.32. The van der Waals surface area contributed by atoms with Gasteiger partial charge in [-0.2, -0.15) is 0 Å². The van der Waals surface area contributed by atoms with Gasteiger partial charge in [0.15, 0.2) is 6.29 Å². The number of fused-ring (bicyclic) bond motifs is 1. The highest BCUT2D eigenvalue weighted by atomic mass is 35.5. The lowest BCUT2D eigenvalue weighted by Crippen LogP contribution is -1.95. The number of hydrogen-bond acceptors (Lipinski definition) is 1. The fraction of sp³-hybridized carbons (Fsp3) is 0.182. The topological polar surface area (TPSA) is 22.0 Å². The first-order valence-corrected chi connectivity index (χ1v) is 5.21. The molecule has 15 heavy (non-hydrogen) atoms. The van der Waals surface area contributed by atoms with Gasteiger partial charge in [-0.15, -0.1) is 0 Å². The zero-order valence-corrected chi connectivity index (χ0v) is 9.86. The monoisotopic (exact) mass is 241 g/mol. The number of carbonyl (C=O) groups is 1. The average Bonchev–Trinajstić information content (AvgIpc) is 2.39. The largest absolute Gasteiger partial charge is 0.340 e. The molecule has 2 aromatic rings. The van der Waals surface area contributed by atoms with Crippen LogP contribution in [0.2, 0.25) is 10.0 Å². The van der Waals surface area contributed by atoms with Crippen LogP contribution in [0, 0.1) is 6.92 Å². The van der Waals surface area contributed by atoms with Gasteiger partial charge in [-0.3, -0.25) is 4.79 Å². The van der Waals surface area contributed by atoms with Crippen LogP contribution < -0.4 is 0 Å². The lowest BCUT2D eigenvalue weighted by atomic mass is 10.1. The number of nitrogens with zero attached hydrogens (tertiary/aromatic N) is 1. The highest BCUT2D eigenvalue weighted by molar-refractivity contribution is 6.38. The van der Waals surface area contributed by atoms with Gasteiger partial charge in [-0.05, 0) is 24.6 Å². The van der Waals surface area contributed by atoms with Gasteiger partial charge >= 0.3 is 0 Å². The Morgan fingerprint density at radius 3 is 2.60 bits per heavy atom. The molecule has 0 saturated carbocycles. The maximum atomic E-state index is 10.9. The standard InChI is InChI=1S/C11H9Cl2NO/c1-6-8-3-7(12)4-9(13)11(8)14(2)10(6)5-15/h3-5H,1-2H3. The lowest BCUT2D eigenvalue weighted by Gasteiger charge is -2.00. The summed E-state index contributed by atoms with van der Waals surface area (Å²) < 4.78 is 1.79. The van der Waals surface area contributed by atoms with Crippen LogP contribution in [0.1, 0.15) is 16.1 Å². The molecule has 2 nitrogen and oxygen atoms in total. The van der Waals surface area contributed by atoms with E-state index >= 15 is 0 Å². The van der Waals surface area contributed by atoms with Crippen LogP contribution in [0.5, 0.6) is 0 Å². The third-order valence-corrected chi connectivity index (χ3v) is 3.13. The van der Waals surface area contributed by atoms with Crippen LogP contribution in [-0.2, 0) is 7.05 Å². The molecule has 0 atom stereocenters. The molecule has 0 saturated heterocycles. The molecule has 1 aromatic heterocycles. The predicted molar refractivity (Wildman–Crippen MR) is 63.1 cm³/mol. The summed E-state index contributed by atoms with van der Waals surface area (Å²) in [7, 11) is 1.82. The van der Waals surface area contributed by atoms with Crippen LogP contribution in [0.25, 0.3) is 10.9 Å². The molecule has 0 bridgehead atoms. The average molecular weight is 242 g/mol. The van der Waals surface area contributed by atoms with Crippen molar-refractivity contribution >= 4 is 40.4 Å². The van der Waals surface area contributed by atoms with E-state index in [9.17, 15) is 4.79 Å². The van der Waals surface area contributed by atoms with E-state index in [0.717, 1.165) is 22.8 Å². The normalized spacial score (nSPS) is 10.9. The summed E-state index contributed by atoms with van der Waals surface area (Å²) in [5.74, 6) is 0. The zero-order chi connectivity index (χ0) is 11.2. The van der Waals surface area contributed by atoms with E-state index in [4.69, 9.17) is 23.2 Å². The van der Waals surface area contributed by atoms with Crippen molar-refractivity contribution in [3.05, 3.63) is 33.4 Å². The van der Waals surface area contributed by atoms with E-state index in [1.54, 1.807) is 10.6 Å². The van der Waals surface area contributed by atoms with Crippen molar-refractivity contribution in [1.82, 2.24) is 4.57 Å². The summed E-state index contributed by atoms with van der Waals surface area (Å²) in [4.78, 5) is 10.9. The van der Waals surface area contributed by atoms with E-state index in [1.165, 1.54) is 0 Å². The molecule has 1 heterocycles. The number of aryl methyl sites for hydroxylation is 2. The van der Waals surface area contributed by atoms with Gasteiger partial charge in [0.2, 0.25) is 0 Å². The van der Waals surface area contributed by atoms with Crippen molar-refractivity contribution in [2.24, 2.45) is 7.05 Å². The number of aromatic nitrogens is 1. The highest BCUT2D eigenvalue weighted by Gasteiger charge is 2.14. The molecular formula is C11H9Cl2NO. The maximum absolute atomic E-state index is 10.9. The molecule has 0 unspecified atom stereocenters. The van der Waals surface area contributed by atoms with Crippen LogP contribution in [-0.4, -0.2) is 10.9 Å². The van der Waals surface area contributed by atoms with Crippen molar-refractivity contribution < 1.29 is 4.79 Å². The smallest absolute Gasteiger partial charge is 0.166 e. The van der Waals surface area contributed by atoms with E-state index in [0.29, 0.717) is 15.7 Å². The van der Waals surface area contributed by atoms with E-state index in [1.807, 2.05) is 20.0 Å². The Hall–Kier alpha value is -0.990. The number of carbonyl (C=O) groups excluding carboxylic acids is 1. The van der Waals surface area contributed by atoms with E-state index < -0.39 is 0 Å². The quantitative estimate of drug-likeness (QED) is 0.700. The van der Waals surface area contributed by atoms with Gasteiger partial charge in [0.1, 0.15) is 0 Å². The Balaban J connectivity index is 3.01. The number of hydrogen-bond donors (Lipinski definition) is 0. The van der Waals surface area contributed by atoms with Crippen LogP contribution in [0.3, 0.4) is 0 Å². The molecule has 0 N–H and O–H groups in total. The lowest BCUT2D eigenvalue weighted by molar-refractivity contribution is 0.111. The summed E-state index contributed by atoms with van der Waals surface area (Å²) in [6.45, 7) is 1.89. The molecule has 0 radical (unpaired) electrons. The molecule has 0 aliphatic heterocycles. The number of benzene rings is 1. The Morgan fingerprint density at radius 1 is 1.33 bits per heavy atom. The fourth-order valence-corrected chi connectivity index (χ4v) is 2.49. The van der Waals surface area contributed by atoms with Gasteiger partial charge < -0.3 is 4.57 Å². The molecule has 78 valence electrons. The van der Waals surface area contributed by atoms with Crippen molar-refractivity contribution in [1.29, 1.82) is 0 Å². The Bertz CT molecular complexity index is 557. The van der Waals surface area contributed by atoms with Crippen LogP contribution in [0.4, 0.5) is 0 Å². The molecule has 0 fully saturated rings. The Morgan fingerprint density at radius 2 is 2.00 bits per heavy atom. The SMILES string of the molecule is Cc1c(C=O)n(C)c2c(Cl)cc(Cl)cc12. The van der Waals surface area contributed by atoms with Gasteiger partial charge in [0.05, 0.1) is 16.2 Å². The summed E-state index contributed by atoms with van der Waals surface area (Å²) in [6, 6.07) is 3.50. The second-order valence-corrected chi connectivity index (χ2v) is 4.31. The van der Waals surface area contributed by atoms with Crippen molar-refractivity contribution in [2.45, 2.75) is 6.92 Å². The molecule has 1 aromatic carbocycles. The minimum atomic E-state index is 0.566. The maximum Gasteiger partial charge on any atom is 0.166 e. The summed E-state index contributed by atoms with van der Waals surface area (Å²) in [5, 5.41) is 2.08. The predicted octanol–water partition coefficient (Wildman–Crippen LogP) is 3.61. The molecule has 0 aliphatic rings. The molecule has 4 heteroatoms. The fourth-order valence-electron chi connectivity index (χ4n) is 1.87. The molecule has 2 rings (SSSR count). The van der Waals surface area contributed by atoms with Gasteiger partial charge in [-0.1, -0.05) is 23.2 Å².